The smallest absolute Gasteiger partial charge is 0.241 e. The number of pyridine rings is 1. The molecule has 2 atom stereocenters. The molecular weight excluding hydrogens is 330 g/mol. The molecule has 1 N–H and O–H groups in total. The van der Waals surface area contributed by atoms with Crippen LogP contribution in [0.5, 0.6) is 0 Å². The van der Waals surface area contributed by atoms with E-state index in [1.807, 2.05) is 37.3 Å². The van der Waals surface area contributed by atoms with E-state index in [1.54, 1.807) is 17.5 Å². The number of nitrogens with one attached hydrogen (secondary N) is 1. The Hall–Kier alpha value is -2.24. The fourth-order valence-electron chi connectivity index (χ4n) is 3.68. The number of carbonyl (C=O) groups is 1. The molecule has 4 rings (SSSR count). The lowest BCUT2D eigenvalue weighted by atomic mass is 10.1. The van der Waals surface area contributed by atoms with Crippen molar-refractivity contribution in [2.24, 2.45) is 0 Å². The molecule has 0 aliphatic carbocycles. The van der Waals surface area contributed by atoms with Crippen LogP contribution in [0.4, 0.5) is 5.69 Å². The van der Waals surface area contributed by atoms with Crippen LogP contribution in [0.2, 0.25) is 0 Å². The maximum absolute atomic E-state index is 12.9. The molecule has 3 aromatic rings. The Bertz CT molecular complexity index is 872. The van der Waals surface area contributed by atoms with E-state index < -0.39 is 0 Å². The zero-order chi connectivity index (χ0) is 17.2. The number of hydrogen-bond donors (Lipinski definition) is 1. The Morgan fingerprint density at radius 3 is 3.08 bits per heavy atom. The second-order valence-corrected chi connectivity index (χ2v) is 7.27. The highest BCUT2D eigenvalue weighted by Crippen LogP contribution is 2.35. The van der Waals surface area contributed by atoms with Gasteiger partial charge in [-0.3, -0.25) is 14.7 Å². The van der Waals surface area contributed by atoms with Crippen LogP contribution >= 0.6 is 11.3 Å². The molecule has 1 aromatic carbocycles. The highest BCUT2D eigenvalue weighted by Gasteiger charge is 2.33. The fraction of sp³-hybridized carbons (Fsp3) is 0.300. The summed E-state index contributed by atoms with van der Waals surface area (Å²) < 4.78 is 0. The van der Waals surface area contributed by atoms with E-state index in [4.69, 9.17) is 0 Å². The van der Waals surface area contributed by atoms with E-state index in [0.29, 0.717) is 6.04 Å². The Balaban J connectivity index is 1.54. The number of carbonyl (C=O) groups excluding carboxylic acids is 1. The average molecular weight is 351 g/mol. The van der Waals surface area contributed by atoms with Crippen LogP contribution < -0.4 is 5.32 Å². The largest absolute Gasteiger partial charge is 0.324 e. The van der Waals surface area contributed by atoms with Crippen molar-refractivity contribution in [3.63, 3.8) is 0 Å². The molecule has 0 unspecified atom stereocenters. The normalized spacial score (nSPS) is 19.2. The van der Waals surface area contributed by atoms with Gasteiger partial charge in [-0.15, -0.1) is 0 Å². The summed E-state index contributed by atoms with van der Waals surface area (Å²) in [5.74, 6) is 0.0403. The van der Waals surface area contributed by atoms with Crippen molar-refractivity contribution < 1.29 is 4.79 Å². The zero-order valence-corrected chi connectivity index (χ0v) is 15.0. The topological polar surface area (TPSA) is 45.2 Å². The summed E-state index contributed by atoms with van der Waals surface area (Å²) in [5.41, 5.74) is 3.05. The molecule has 1 aliphatic heterocycles. The summed E-state index contributed by atoms with van der Waals surface area (Å²) >= 11 is 1.72. The number of hydrogen-bond acceptors (Lipinski definition) is 4. The molecule has 1 amide bonds. The third-order valence-corrected chi connectivity index (χ3v) is 5.70. The Labute approximate surface area is 151 Å². The molecule has 0 radical (unpaired) electrons. The summed E-state index contributed by atoms with van der Waals surface area (Å²) in [5, 5.41) is 8.39. The molecule has 0 bridgehead atoms. The Kier molecular flexibility index (Phi) is 4.51. The average Bonchev–Trinajstić information content (AvgIpc) is 3.32. The van der Waals surface area contributed by atoms with Gasteiger partial charge >= 0.3 is 0 Å². The third kappa shape index (κ3) is 3.17. The van der Waals surface area contributed by atoms with E-state index in [2.05, 4.69) is 32.0 Å². The Morgan fingerprint density at radius 2 is 2.24 bits per heavy atom. The van der Waals surface area contributed by atoms with Crippen molar-refractivity contribution in [3.8, 4) is 0 Å². The molecule has 3 heterocycles. The molecule has 0 spiro atoms. The lowest BCUT2D eigenvalue weighted by Crippen LogP contribution is -2.41. The minimum Gasteiger partial charge on any atom is -0.324 e. The molecule has 25 heavy (non-hydrogen) atoms. The predicted octanol–water partition coefficient (Wildman–Crippen LogP) is 4.46. The van der Waals surface area contributed by atoms with Crippen molar-refractivity contribution in [3.05, 3.63) is 58.9 Å². The van der Waals surface area contributed by atoms with Crippen molar-refractivity contribution >= 4 is 33.8 Å². The molecule has 1 fully saturated rings. The van der Waals surface area contributed by atoms with Crippen LogP contribution in [0.1, 0.15) is 31.4 Å². The lowest BCUT2D eigenvalue weighted by molar-refractivity contribution is -0.121. The Morgan fingerprint density at radius 1 is 1.32 bits per heavy atom. The van der Waals surface area contributed by atoms with Gasteiger partial charge in [0.1, 0.15) is 0 Å². The maximum atomic E-state index is 12.9. The molecule has 128 valence electrons. The number of nitrogens with zero attached hydrogens (tertiary/aromatic N) is 2. The summed E-state index contributed by atoms with van der Waals surface area (Å²) in [7, 11) is 0. The van der Waals surface area contributed by atoms with E-state index in [9.17, 15) is 4.79 Å². The van der Waals surface area contributed by atoms with Gasteiger partial charge in [0.2, 0.25) is 5.91 Å². The molecule has 1 saturated heterocycles. The lowest BCUT2D eigenvalue weighted by Gasteiger charge is -2.29. The first-order valence-electron chi connectivity index (χ1n) is 8.66. The van der Waals surface area contributed by atoms with Gasteiger partial charge in [-0.05, 0) is 73.0 Å². The van der Waals surface area contributed by atoms with Gasteiger partial charge in [-0.2, -0.15) is 11.3 Å². The number of rotatable bonds is 4. The molecule has 5 heteroatoms. The summed E-state index contributed by atoms with van der Waals surface area (Å²) in [6, 6.07) is 12.1. The van der Waals surface area contributed by atoms with Crippen LogP contribution in [0.15, 0.2) is 53.4 Å². The van der Waals surface area contributed by atoms with Gasteiger partial charge in [0.15, 0.2) is 0 Å². The fourth-order valence-corrected chi connectivity index (χ4v) is 4.38. The number of aromatic nitrogens is 1. The SMILES string of the molecule is C[C@@H](C(=O)Nc1cccc2ncccc12)N1CCC[C@H]1c1ccsc1. The number of anilines is 1. The number of amides is 1. The summed E-state index contributed by atoms with van der Waals surface area (Å²) in [4.78, 5) is 19.6. The van der Waals surface area contributed by atoms with Gasteiger partial charge in [0.25, 0.3) is 0 Å². The first-order valence-corrected chi connectivity index (χ1v) is 9.61. The highest BCUT2D eigenvalue weighted by atomic mass is 32.1. The van der Waals surface area contributed by atoms with Crippen LogP contribution in [-0.2, 0) is 4.79 Å². The highest BCUT2D eigenvalue weighted by molar-refractivity contribution is 7.07. The van der Waals surface area contributed by atoms with Gasteiger partial charge < -0.3 is 5.32 Å². The standard InChI is InChI=1S/C20H21N3OS/c1-14(23-11-4-8-19(23)15-9-12-25-13-15)20(24)22-18-7-2-6-17-16(18)5-3-10-21-17/h2-3,5-7,9-10,12-14,19H,4,8,11H2,1H3,(H,22,24)/t14-,19-/m0/s1. The van der Waals surface area contributed by atoms with Crippen molar-refractivity contribution in [1.29, 1.82) is 0 Å². The van der Waals surface area contributed by atoms with E-state index in [1.165, 1.54) is 5.56 Å². The van der Waals surface area contributed by atoms with Crippen molar-refractivity contribution in [1.82, 2.24) is 9.88 Å². The van der Waals surface area contributed by atoms with E-state index >= 15 is 0 Å². The van der Waals surface area contributed by atoms with Gasteiger partial charge in [0, 0.05) is 17.6 Å². The van der Waals surface area contributed by atoms with Crippen LogP contribution in [0, 0.1) is 0 Å². The summed E-state index contributed by atoms with van der Waals surface area (Å²) in [6.07, 6.45) is 4.02. The van der Waals surface area contributed by atoms with Gasteiger partial charge in [0.05, 0.1) is 17.2 Å². The van der Waals surface area contributed by atoms with Crippen LogP contribution in [-0.4, -0.2) is 28.4 Å². The first kappa shape index (κ1) is 16.2. The van der Waals surface area contributed by atoms with E-state index in [0.717, 1.165) is 36.0 Å². The predicted molar refractivity (Wildman–Crippen MR) is 103 cm³/mol. The molecule has 0 saturated carbocycles. The van der Waals surface area contributed by atoms with Crippen LogP contribution in [0.3, 0.4) is 0 Å². The molecule has 1 aliphatic rings. The molecular formula is C20H21N3OS. The van der Waals surface area contributed by atoms with Crippen molar-refractivity contribution in [2.45, 2.75) is 31.8 Å². The summed E-state index contributed by atoms with van der Waals surface area (Å²) in [6.45, 7) is 2.97. The second kappa shape index (κ2) is 6.94. The number of fused-ring (bicyclic) bond motifs is 1. The molecule has 2 aromatic heterocycles. The number of benzene rings is 1. The van der Waals surface area contributed by atoms with Crippen molar-refractivity contribution in [2.75, 3.05) is 11.9 Å². The third-order valence-electron chi connectivity index (χ3n) is 5.00. The minimum atomic E-state index is -0.167. The molecule has 4 nitrogen and oxygen atoms in total. The maximum Gasteiger partial charge on any atom is 0.241 e. The number of likely N-dealkylation sites (tertiary alicyclic amines) is 1. The van der Waals surface area contributed by atoms with E-state index in [-0.39, 0.29) is 11.9 Å². The quantitative estimate of drug-likeness (QED) is 0.755. The first-order chi connectivity index (χ1) is 12.2. The van der Waals surface area contributed by atoms with Crippen LogP contribution in [0.25, 0.3) is 10.9 Å². The van der Waals surface area contributed by atoms with Gasteiger partial charge in [-0.1, -0.05) is 6.07 Å². The monoisotopic (exact) mass is 351 g/mol. The zero-order valence-electron chi connectivity index (χ0n) is 14.2. The number of thiophene rings is 1. The van der Waals surface area contributed by atoms with Gasteiger partial charge in [-0.25, -0.2) is 0 Å². The second-order valence-electron chi connectivity index (χ2n) is 6.49. The minimum absolute atomic E-state index is 0.0403.